The van der Waals surface area contributed by atoms with E-state index in [0.29, 0.717) is 31.6 Å². The number of anilines is 1. The Hall–Kier alpha value is -1.97. The summed E-state index contributed by atoms with van der Waals surface area (Å²) in [7, 11) is -2.39. The van der Waals surface area contributed by atoms with Crippen LogP contribution in [0.25, 0.3) is 0 Å². The van der Waals surface area contributed by atoms with Gasteiger partial charge in [-0.2, -0.15) is 0 Å². The number of hydrogen-bond acceptors (Lipinski definition) is 4. The van der Waals surface area contributed by atoms with Gasteiger partial charge in [0.15, 0.2) is 5.96 Å². The van der Waals surface area contributed by atoms with Crippen molar-refractivity contribution in [2.45, 2.75) is 19.2 Å². The molecule has 0 saturated carbocycles. The molecule has 2 N–H and O–H groups in total. The maximum absolute atomic E-state index is 12.1. The molecule has 24 heavy (non-hydrogen) atoms. The maximum atomic E-state index is 12.1. The van der Waals surface area contributed by atoms with Crippen molar-refractivity contribution in [2.75, 3.05) is 24.2 Å². The topological polar surface area (TPSA) is 82.5 Å². The lowest BCUT2D eigenvalue weighted by Gasteiger charge is -2.33. The Balaban J connectivity index is 1.84. The van der Waals surface area contributed by atoms with Gasteiger partial charge < -0.3 is 15.0 Å². The van der Waals surface area contributed by atoms with Crippen LogP contribution in [-0.2, 0) is 10.7 Å². The van der Waals surface area contributed by atoms with E-state index in [-0.39, 0.29) is 23.4 Å². The van der Waals surface area contributed by atoms with Gasteiger partial charge in [-0.25, -0.2) is 8.42 Å². The van der Waals surface area contributed by atoms with Crippen LogP contribution >= 0.6 is 0 Å². The molecule has 0 bridgehead atoms. The number of halogens is 3. The third kappa shape index (κ3) is 5.91. The summed E-state index contributed by atoms with van der Waals surface area (Å²) in [5, 5.41) is 10.8. The van der Waals surface area contributed by atoms with Gasteiger partial charge in [-0.3, -0.25) is 5.41 Å². The lowest BCUT2D eigenvalue weighted by molar-refractivity contribution is -0.274. The number of hydrogen-bond donors (Lipinski definition) is 3. The van der Waals surface area contributed by atoms with Gasteiger partial charge in [-0.1, -0.05) is 0 Å². The molecule has 134 valence electrons. The molecular weight excluding hydrogens is 347 g/mol. The van der Waals surface area contributed by atoms with Crippen molar-refractivity contribution in [1.82, 2.24) is 4.90 Å². The highest BCUT2D eigenvalue weighted by Crippen LogP contribution is 2.24. The molecule has 1 aliphatic rings. The largest absolute Gasteiger partial charge is 0.573 e. The molecule has 0 atom stereocenters. The Morgan fingerprint density at radius 3 is 2.33 bits per heavy atom. The Morgan fingerprint density at radius 1 is 1.25 bits per heavy atom. The van der Waals surface area contributed by atoms with E-state index in [9.17, 15) is 21.6 Å². The molecule has 0 aliphatic carbocycles. The van der Waals surface area contributed by atoms with E-state index >= 15 is 0 Å². The average Bonchev–Trinajstić information content (AvgIpc) is 2.48. The highest BCUT2D eigenvalue weighted by Gasteiger charge is 2.31. The van der Waals surface area contributed by atoms with Crippen LogP contribution in [0.4, 0.5) is 18.9 Å². The van der Waals surface area contributed by atoms with E-state index in [4.69, 9.17) is 5.41 Å². The fraction of sp³-hybridized carbons (Fsp3) is 0.500. The summed E-state index contributed by atoms with van der Waals surface area (Å²) < 4.78 is 61.5. The number of piperidine rings is 1. The normalized spacial score (nSPS) is 16.2. The van der Waals surface area contributed by atoms with Crippen molar-refractivity contribution in [2.24, 2.45) is 5.92 Å². The van der Waals surface area contributed by atoms with Gasteiger partial charge in [0.05, 0.1) is 5.75 Å². The second kappa shape index (κ2) is 7.73. The van der Waals surface area contributed by atoms with Crippen LogP contribution in [0.1, 0.15) is 12.8 Å². The fourth-order valence-electron chi connectivity index (χ4n) is 2.51. The van der Waals surface area contributed by atoms with Gasteiger partial charge >= 0.3 is 6.36 Å². The molecule has 1 aromatic carbocycles. The molecule has 1 fully saturated rings. The predicted octanol–water partition coefficient (Wildman–Crippen LogP) is 2.26. The first-order chi connectivity index (χ1) is 11.2. The Bertz CT molecular complexity index is 631. The number of nitrogens with one attached hydrogen (secondary N) is 2. The van der Waals surface area contributed by atoms with Crippen LogP contribution < -0.4 is 10.1 Å². The lowest BCUT2D eigenvalue weighted by atomic mass is 9.99. The average molecular weight is 365 g/mol. The number of rotatable bonds is 4. The maximum Gasteiger partial charge on any atom is 0.573 e. The number of thiol groups is 1. The highest BCUT2D eigenvalue weighted by molar-refractivity contribution is 7.72. The van der Waals surface area contributed by atoms with E-state index in [1.807, 2.05) is 0 Å². The molecule has 0 spiro atoms. The van der Waals surface area contributed by atoms with E-state index in [2.05, 4.69) is 10.1 Å². The number of ether oxygens (including phenoxy) is 1. The van der Waals surface area contributed by atoms with Crippen molar-refractivity contribution < 1.29 is 26.3 Å². The number of likely N-dealkylation sites (tertiary alicyclic amines) is 1. The molecule has 0 aromatic heterocycles. The van der Waals surface area contributed by atoms with Crippen LogP contribution in [0.15, 0.2) is 24.3 Å². The van der Waals surface area contributed by atoms with E-state index in [1.54, 1.807) is 4.90 Å². The van der Waals surface area contributed by atoms with Crippen LogP contribution in [0, 0.1) is 11.3 Å². The zero-order valence-electron chi connectivity index (χ0n) is 12.7. The molecule has 10 heteroatoms. The number of guanidine groups is 1. The van der Waals surface area contributed by atoms with E-state index in [1.165, 1.54) is 24.3 Å². The summed E-state index contributed by atoms with van der Waals surface area (Å²) in [5.41, 5.74) is 0.472. The summed E-state index contributed by atoms with van der Waals surface area (Å²) >= 11 is 0. The van der Waals surface area contributed by atoms with Crippen molar-refractivity contribution in [1.29, 1.82) is 5.41 Å². The number of benzene rings is 1. The number of nitrogens with zero attached hydrogens (tertiary/aromatic N) is 1. The Kier molecular flexibility index (Phi) is 5.92. The second-order valence-corrected chi connectivity index (χ2v) is 6.52. The highest BCUT2D eigenvalue weighted by atomic mass is 32.2. The Morgan fingerprint density at radius 2 is 1.83 bits per heavy atom. The molecule has 1 saturated heterocycles. The van der Waals surface area contributed by atoms with E-state index < -0.39 is 17.1 Å². The minimum atomic E-state index is -4.74. The van der Waals surface area contributed by atoms with E-state index in [0.717, 1.165) is 0 Å². The third-order valence-electron chi connectivity index (χ3n) is 3.69. The summed E-state index contributed by atoms with van der Waals surface area (Å²) in [4.78, 5) is 1.77. The molecule has 2 rings (SSSR count). The third-order valence-corrected chi connectivity index (χ3v) is 4.50. The van der Waals surface area contributed by atoms with Gasteiger partial charge in [-0.05, 0) is 43.0 Å². The van der Waals surface area contributed by atoms with Gasteiger partial charge in [0.1, 0.15) is 16.5 Å². The van der Waals surface area contributed by atoms with Gasteiger partial charge in [0.25, 0.3) is 0 Å². The molecule has 0 amide bonds. The fourth-order valence-corrected chi connectivity index (χ4v) is 3.29. The molecule has 0 radical (unpaired) electrons. The molecule has 1 heterocycles. The summed E-state index contributed by atoms with van der Waals surface area (Å²) in [6.07, 6.45) is -3.36. The molecule has 1 aliphatic heterocycles. The van der Waals surface area contributed by atoms with Crippen LogP contribution in [0.5, 0.6) is 5.75 Å². The minimum absolute atomic E-state index is 0.119. The molecular formula is C14H18F3N3O3S. The van der Waals surface area contributed by atoms with Crippen molar-refractivity contribution in [3.8, 4) is 5.75 Å². The smallest absolute Gasteiger partial charge is 0.406 e. The zero-order chi connectivity index (χ0) is 17.7. The minimum Gasteiger partial charge on any atom is -0.406 e. The predicted molar refractivity (Wildman–Crippen MR) is 84.0 cm³/mol. The molecule has 1 aromatic rings. The molecule has 6 nitrogen and oxygen atoms in total. The van der Waals surface area contributed by atoms with Crippen LogP contribution in [0.2, 0.25) is 0 Å². The second-order valence-electron chi connectivity index (χ2n) is 5.49. The van der Waals surface area contributed by atoms with Crippen molar-refractivity contribution in [3.05, 3.63) is 24.3 Å². The van der Waals surface area contributed by atoms with Gasteiger partial charge in [0.2, 0.25) is 0 Å². The summed E-state index contributed by atoms with van der Waals surface area (Å²) in [6, 6.07) is 5.12. The van der Waals surface area contributed by atoms with Crippen molar-refractivity contribution >= 4 is 22.4 Å². The van der Waals surface area contributed by atoms with Crippen LogP contribution in [-0.4, -0.2) is 44.5 Å². The zero-order valence-corrected chi connectivity index (χ0v) is 13.6. The summed E-state index contributed by atoms with van der Waals surface area (Å²) in [6.45, 7) is 1.13. The van der Waals surface area contributed by atoms with Crippen molar-refractivity contribution in [3.63, 3.8) is 0 Å². The Labute approximate surface area is 139 Å². The first-order valence-electron chi connectivity index (χ1n) is 7.31. The number of alkyl halides is 3. The first kappa shape index (κ1) is 18.4. The molecule has 0 unspecified atom stereocenters. The SMILES string of the molecule is N=C(Nc1ccc(OC(F)(F)F)cc1)N1CCC(C[SH](=O)=O)CC1. The van der Waals surface area contributed by atoms with Gasteiger partial charge in [0, 0.05) is 18.8 Å². The summed E-state index contributed by atoms with van der Waals surface area (Å²) in [5.74, 6) is 0.0930. The van der Waals surface area contributed by atoms with Crippen LogP contribution in [0.3, 0.4) is 0 Å². The quantitative estimate of drug-likeness (QED) is 0.433. The standard InChI is InChI=1S/C14H18F3N3O3S/c15-14(16,17)23-12-3-1-11(2-4-12)19-13(18)20-7-5-10(6-8-20)9-24(21)22/h1-4,10,24H,5-9H2,(H2,18,19). The lowest BCUT2D eigenvalue weighted by Crippen LogP contribution is -2.42. The monoisotopic (exact) mass is 365 g/mol. The first-order valence-corrected chi connectivity index (χ1v) is 8.67. The van der Waals surface area contributed by atoms with Gasteiger partial charge in [-0.15, -0.1) is 13.2 Å².